The van der Waals surface area contributed by atoms with E-state index in [4.69, 9.17) is 4.43 Å². The van der Waals surface area contributed by atoms with Crippen molar-refractivity contribution in [2.45, 2.75) is 58.2 Å². The summed E-state index contributed by atoms with van der Waals surface area (Å²) < 4.78 is 7.25. The molecule has 1 aromatic carbocycles. The Bertz CT molecular complexity index is 620. The highest BCUT2D eigenvalue weighted by Gasteiger charge is 2.44. The van der Waals surface area contributed by atoms with E-state index in [1.165, 1.54) is 0 Å². The summed E-state index contributed by atoms with van der Waals surface area (Å²) >= 11 is 3.51. The lowest BCUT2D eigenvalue weighted by molar-refractivity contribution is -0.122. The highest BCUT2D eigenvalue weighted by molar-refractivity contribution is 9.10. The lowest BCUT2D eigenvalue weighted by atomic mass is 9.86. The minimum absolute atomic E-state index is 0.157. The highest BCUT2D eigenvalue weighted by atomic mass is 79.9. The van der Waals surface area contributed by atoms with Crippen molar-refractivity contribution >= 4 is 35.8 Å². The fourth-order valence-electron chi connectivity index (χ4n) is 2.65. The smallest absolute Gasteiger partial charge is 0.237 e. The molecule has 1 amide bonds. The van der Waals surface area contributed by atoms with Crippen molar-refractivity contribution in [3.63, 3.8) is 0 Å². The predicted octanol–water partition coefficient (Wildman–Crippen LogP) is 5.10. The normalized spacial score (nSPS) is 17.6. The van der Waals surface area contributed by atoms with Crippen LogP contribution in [0, 0.1) is 0 Å². The number of hydrogen-bond acceptors (Lipinski definition) is 2. The van der Waals surface area contributed by atoms with E-state index < -0.39 is 13.7 Å². The molecular formula is C18H28BrNO2Si. The van der Waals surface area contributed by atoms with Gasteiger partial charge in [0.1, 0.15) is 0 Å². The van der Waals surface area contributed by atoms with Gasteiger partial charge in [-0.3, -0.25) is 4.79 Å². The van der Waals surface area contributed by atoms with E-state index in [9.17, 15) is 4.79 Å². The van der Waals surface area contributed by atoms with Gasteiger partial charge in [0, 0.05) is 16.7 Å². The zero-order valence-corrected chi connectivity index (χ0v) is 17.9. The van der Waals surface area contributed by atoms with E-state index in [2.05, 4.69) is 49.8 Å². The van der Waals surface area contributed by atoms with Crippen LogP contribution >= 0.6 is 15.9 Å². The Morgan fingerprint density at radius 2 is 1.87 bits per heavy atom. The molecule has 0 aliphatic carbocycles. The van der Waals surface area contributed by atoms with Crippen LogP contribution in [-0.2, 0) is 14.6 Å². The molecule has 0 saturated carbocycles. The fourth-order valence-corrected chi connectivity index (χ4v) is 4.03. The summed E-state index contributed by atoms with van der Waals surface area (Å²) in [6.07, 6.45) is 0. The van der Waals surface area contributed by atoms with E-state index in [1.807, 2.05) is 36.9 Å². The minimum atomic E-state index is -1.78. The largest absolute Gasteiger partial charge is 0.415 e. The average molecular weight is 398 g/mol. The van der Waals surface area contributed by atoms with Crippen LogP contribution in [0.3, 0.4) is 0 Å². The van der Waals surface area contributed by atoms with Crippen molar-refractivity contribution in [3.05, 3.63) is 28.2 Å². The minimum Gasteiger partial charge on any atom is -0.415 e. The first-order valence-corrected chi connectivity index (χ1v) is 11.8. The second kappa shape index (κ2) is 6.01. The number of carbonyl (C=O) groups excluding carboxylic acids is 1. The Morgan fingerprint density at radius 3 is 2.43 bits per heavy atom. The Labute approximate surface area is 149 Å². The van der Waals surface area contributed by atoms with E-state index in [0.717, 1.165) is 15.7 Å². The molecule has 0 fully saturated rings. The molecule has 0 atom stereocenters. The third kappa shape index (κ3) is 3.42. The maximum absolute atomic E-state index is 12.8. The molecule has 0 bridgehead atoms. The molecule has 1 heterocycles. The second-order valence-corrected chi connectivity index (χ2v) is 14.1. The highest BCUT2D eigenvalue weighted by Crippen LogP contribution is 2.43. The average Bonchev–Trinajstić information content (AvgIpc) is 2.58. The van der Waals surface area contributed by atoms with E-state index in [0.29, 0.717) is 13.2 Å². The lowest BCUT2D eigenvalue weighted by Gasteiger charge is -2.36. The molecule has 128 valence electrons. The maximum atomic E-state index is 12.8. The van der Waals surface area contributed by atoms with Gasteiger partial charge in [0.15, 0.2) is 8.32 Å². The van der Waals surface area contributed by atoms with Crippen molar-refractivity contribution in [2.75, 3.05) is 18.1 Å². The Kier molecular flexibility index (Phi) is 4.88. The van der Waals surface area contributed by atoms with Gasteiger partial charge in [-0.05, 0) is 49.7 Å². The van der Waals surface area contributed by atoms with Gasteiger partial charge in [0.25, 0.3) is 0 Å². The Morgan fingerprint density at radius 1 is 1.26 bits per heavy atom. The molecular weight excluding hydrogens is 370 g/mol. The molecule has 2 rings (SSSR count). The standard InChI is InChI=1S/C18H28BrNO2Si/c1-17(2,3)23(6,7)22-11-10-20-15-12-13(19)8-9-14(15)18(4,5)16(20)21/h8-9,12H,10-11H2,1-7H3. The van der Waals surface area contributed by atoms with Crippen LogP contribution in [0.4, 0.5) is 5.69 Å². The molecule has 1 aliphatic heterocycles. The van der Waals surface area contributed by atoms with Gasteiger partial charge in [0.2, 0.25) is 5.91 Å². The molecule has 5 heteroatoms. The fraction of sp³-hybridized carbons (Fsp3) is 0.611. The third-order valence-electron chi connectivity index (χ3n) is 5.29. The van der Waals surface area contributed by atoms with Crippen LogP contribution in [0.5, 0.6) is 0 Å². The molecule has 1 aromatic rings. The zero-order chi connectivity index (χ0) is 17.6. The summed E-state index contributed by atoms with van der Waals surface area (Å²) in [7, 11) is -1.78. The Hall–Kier alpha value is -0.653. The molecule has 0 N–H and O–H groups in total. The summed E-state index contributed by atoms with van der Waals surface area (Å²) in [5.74, 6) is 0.157. The van der Waals surface area contributed by atoms with E-state index in [-0.39, 0.29) is 10.9 Å². The van der Waals surface area contributed by atoms with Gasteiger partial charge in [0.05, 0.1) is 12.0 Å². The first-order chi connectivity index (χ1) is 10.4. The summed E-state index contributed by atoms with van der Waals surface area (Å²) in [5, 5.41) is 0.183. The first kappa shape index (κ1) is 18.7. The third-order valence-corrected chi connectivity index (χ3v) is 10.3. The quantitative estimate of drug-likeness (QED) is 0.661. The zero-order valence-electron chi connectivity index (χ0n) is 15.3. The van der Waals surface area contributed by atoms with Crippen molar-refractivity contribution in [1.82, 2.24) is 0 Å². The summed E-state index contributed by atoms with van der Waals surface area (Å²) in [6.45, 7) is 16.4. The SMILES string of the molecule is CC1(C)C(=O)N(CCO[Si](C)(C)C(C)(C)C)c2cc(Br)ccc21. The number of anilines is 1. The molecule has 0 saturated heterocycles. The van der Waals surface area contributed by atoms with Gasteiger partial charge in [-0.25, -0.2) is 0 Å². The van der Waals surface area contributed by atoms with Crippen molar-refractivity contribution in [1.29, 1.82) is 0 Å². The van der Waals surface area contributed by atoms with E-state index >= 15 is 0 Å². The molecule has 3 nitrogen and oxygen atoms in total. The summed E-state index contributed by atoms with van der Waals surface area (Å²) in [4.78, 5) is 14.7. The predicted molar refractivity (Wildman–Crippen MR) is 103 cm³/mol. The van der Waals surface area contributed by atoms with Gasteiger partial charge in [-0.1, -0.05) is 42.8 Å². The number of halogens is 1. The number of amides is 1. The molecule has 0 aromatic heterocycles. The van der Waals surface area contributed by atoms with Gasteiger partial charge in [-0.15, -0.1) is 0 Å². The Balaban J connectivity index is 2.16. The molecule has 0 spiro atoms. The molecule has 1 aliphatic rings. The van der Waals surface area contributed by atoms with Crippen LogP contribution in [0.25, 0.3) is 0 Å². The second-order valence-electron chi connectivity index (χ2n) is 8.35. The monoisotopic (exact) mass is 397 g/mol. The van der Waals surface area contributed by atoms with Crippen LogP contribution < -0.4 is 4.90 Å². The van der Waals surface area contributed by atoms with Gasteiger partial charge >= 0.3 is 0 Å². The number of carbonyl (C=O) groups is 1. The first-order valence-electron chi connectivity index (χ1n) is 8.14. The van der Waals surface area contributed by atoms with Crippen LogP contribution in [0.15, 0.2) is 22.7 Å². The van der Waals surface area contributed by atoms with Crippen molar-refractivity contribution in [3.8, 4) is 0 Å². The van der Waals surface area contributed by atoms with Gasteiger partial charge < -0.3 is 9.33 Å². The van der Waals surface area contributed by atoms with Gasteiger partial charge in [-0.2, -0.15) is 0 Å². The number of rotatable bonds is 4. The number of hydrogen-bond donors (Lipinski definition) is 0. The molecule has 23 heavy (non-hydrogen) atoms. The van der Waals surface area contributed by atoms with Crippen LogP contribution in [0.1, 0.15) is 40.2 Å². The number of nitrogens with zero attached hydrogens (tertiary/aromatic N) is 1. The topological polar surface area (TPSA) is 29.5 Å². The van der Waals surface area contributed by atoms with Crippen molar-refractivity contribution in [2.24, 2.45) is 0 Å². The molecule has 0 unspecified atom stereocenters. The lowest BCUT2D eigenvalue weighted by Crippen LogP contribution is -2.44. The number of fused-ring (bicyclic) bond motifs is 1. The molecule has 0 radical (unpaired) electrons. The van der Waals surface area contributed by atoms with Crippen LogP contribution in [0.2, 0.25) is 18.1 Å². The summed E-state index contributed by atoms with van der Waals surface area (Å²) in [5.41, 5.74) is 1.64. The van der Waals surface area contributed by atoms with Crippen LogP contribution in [-0.4, -0.2) is 27.4 Å². The number of benzene rings is 1. The maximum Gasteiger partial charge on any atom is 0.237 e. The van der Waals surface area contributed by atoms with Crippen molar-refractivity contribution < 1.29 is 9.22 Å². The summed E-state index contributed by atoms with van der Waals surface area (Å²) in [6, 6.07) is 6.09. The van der Waals surface area contributed by atoms with E-state index in [1.54, 1.807) is 0 Å².